The molecule has 1 aromatic heterocycles. The SMILES string of the molecule is COc1cc(C(=O)NO)ccc1Cn1c2c(c3cc(F)ccc31)CS(=O)(=O)CC2. The van der Waals surface area contributed by atoms with Crippen LogP contribution in [-0.2, 0) is 28.6 Å². The van der Waals surface area contributed by atoms with E-state index >= 15 is 0 Å². The lowest BCUT2D eigenvalue weighted by atomic mass is 10.1. The van der Waals surface area contributed by atoms with Gasteiger partial charge in [0.1, 0.15) is 11.6 Å². The molecule has 0 bridgehead atoms. The van der Waals surface area contributed by atoms with Gasteiger partial charge < -0.3 is 9.30 Å². The molecule has 0 spiro atoms. The number of methoxy groups -OCH3 is 1. The van der Waals surface area contributed by atoms with Gasteiger partial charge in [0.15, 0.2) is 9.84 Å². The summed E-state index contributed by atoms with van der Waals surface area (Å²) < 4.78 is 45.6. The zero-order chi connectivity index (χ0) is 20.8. The lowest BCUT2D eigenvalue weighted by Crippen LogP contribution is -2.21. The Morgan fingerprint density at radius 2 is 2.07 bits per heavy atom. The van der Waals surface area contributed by atoms with E-state index in [1.807, 2.05) is 4.57 Å². The number of carbonyl (C=O) groups excluding carboxylic acids is 1. The summed E-state index contributed by atoms with van der Waals surface area (Å²) in [7, 11) is -1.74. The molecular weight excluding hydrogens is 399 g/mol. The van der Waals surface area contributed by atoms with Gasteiger partial charge in [0.2, 0.25) is 0 Å². The first-order valence-electron chi connectivity index (χ1n) is 8.94. The van der Waals surface area contributed by atoms with E-state index in [4.69, 9.17) is 9.94 Å². The molecule has 0 atom stereocenters. The average molecular weight is 418 g/mol. The number of hydroxylamine groups is 1. The normalized spacial score (nSPS) is 15.1. The molecule has 0 fully saturated rings. The molecule has 3 aromatic rings. The molecule has 0 unspecified atom stereocenters. The van der Waals surface area contributed by atoms with Crippen molar-refractivity contribution in [3.05, 3.63) is 64.6 Å². The van der Waals surface area contributed by atoms with Crippen LogP contribution in [0.1, 0.15) is 27.2 Å². The number of nitrogens with zero attached hydrogens (tertiary/aromatic N) is 1. The van der Waals surface area contributed by atoms with Crippen molar-refractivity contribution in [1.82, 2.24) is 10.0 Å². The maximum atomic E-state index is 13.9. The zero-order valence-corrected chi connectivity index (χ0v) is 16.4. The standard InChI is InChI=1S/C20H19FN2O5S/c1-28-19-8-12(20(24)22-25)2-3-13(19)10-23-17-5-4-14(21)9-15(17)16-11-29(26,27)7-6-18(16)23/h2-5,8-9,25H,6-7,10-11H2,1H3,(H,22,24). The smallest absolute Gasteiger partial charge is 0.274 e. The van der Waals surface area contributed by atoms with Gasteiger partial charge in [-0.1, -0.05) is 6.07 Å². The number of amides is 1. The highest BCUT2D eigenvalue weighted by molar-refractivity contribution is 7.90. The number of nitrogens with one attached hydrogen (secondary N) is 1. The summed E-state index contributed by atoms with van der Waals surface area (Å²) in [6, 6.07) is 9.16. The second kappa shape index (κ2) is 7.16. The predicted molar refractivity (Wildman–Crippen MR) is 104 cm³/mol. The highest BCUT2D eigenvalue weighted by atomic mass is 32.2. The first-order valence-corrected chi connectivity index (χ1v) is 10.8. The Balaban J connectivity index is 1.85. The van der Waals surface area contributed by atoms with Crippen molar-refractivity contribution in [2.24, 2.45) is 0 Å². The van der Waals surface area contributed by atoms with Gasteiger partial charge in [-0.3, -0.25) is 10.0 Å². The van der Waals surface area contributed by atoms with Crippen LogP contribution in [0.4, 0.5) is 4.39 Å². The van der Waals surface area contributed by atoms with Crippen LogP contribution >= 0.6 is 0 Å². The first kappa shape index (κ1) is 19.4. The van der Waals surface area contributed by atoms with Crippen molar-refractivity contribution in [2.45, 2.75) is 18.7 Å². The Kier molecular flexibility index (Phi) is 4.79. The van der Waals surface area contributed by atoms with E-state index in [9.17, 15) is 17.6 Å². The van der Waals surface area contributed by atoms with Crippen LogP contribution in [0, 0.1) is 5.82 Å². The summed E-state index contributed by atoms with van der Waals surface area (Å²) in [6.07, 6.45) is 0.348. The van der Waals surface area contributed by atoms with Crippen LogP contribution in [0.15, 0.2) is 36.4 Å². The van der Waals surface area contributed by atoms with E-state index in [0.29, 0.717) is 29.7 Å². The van der Waals surface area contributed by atoms with Crippen molar-refractivity contribution < 1.29 is 27.5 Å². The number of sulfone groups is 1. The van der Waals surface area contributed by atoms with E-state index < -0.39 is 21.6 Å². The molecule has 7 nitrogen and oxygen atoms in total. The topological polar surface area (TPSA) is 97.6 Å². The molecule has 0 aliphatic carbocycles. The van der Waals surface area contributed by atoms with Crippen molar-refractivity contribution in [3.8, 4) is 5.75 Å². The van der Waals surface area contributed by atoms with E-state index in [0.717, 1.165) is 16.8 Å². The lowest BCUT2D eigenvalue weighted by molar-refractivity contribution is 0.0706. The fourth-order valence-corrected chi connectivity index (χ4v) is 5.28. The molecule has 0 saturated heterocycles. The van der Waals surface area contributed by atoms with E-state index in [1.54, 1.807) is 23.7 Å². The van der Waals surface area contributed by atoms with Crippen molar-refractivity contribution in [3.63, 3.8) is 0 Å². The summed E-state index contributed by atoms with van der Waals surface area (Å²) in [5.74, 6) is -0.683. The fourth-order valence-electron chi connectivity index (χ4n) is 3.87. The third kappa shape index (κ3) is 3.47. The van der Waals surface area contributed by atoms with Crippen LogP contribution in [0.5, 0.6) is 5.75 Å². The van der Waals surface area contributed by atoms with Crippen LogP contribution < -0.4 is 10.2 Å². The van der Waals surface area contributed by atoms with Gasteiger partial charge in [0.25, 0.3) is 5.91 Å². The summed E-state index contributed by atoms with van der Waals surface area (Å²) in [4.78, 5) is 11.7. The molecule has 1 aliphatic rings. The maximum Gasteiger partial charge on any atom is 0.274 e. The number of carbonyl (C=O) groups is 1. The van der Waals surface area contributed by atoms with Crippen LogP contribution in [0.25, 0.3) is 10.9 Å². The highest BCUT2D eigenvalue weighted by Gasteiger charge is 2.28. The number of hydrogen-bond donors (Lipinski definition) is 2. The zero-order valence-electron chi connectivity index (χ0n) is 15.6. The van der Waals surface area contributed by atoms with Crippen molar-refractivity contribution in [1.29, 1.82) is 0 Å². The molecule has 152 valence electrons. The third-order valence-electron chi connectivity index (χ3n) is 5.24. The number of benzene rings is 2. The number of rotatable bonds is 4. The van der Waals surface area contributed by atoms with Crippen LogP contribution in [-0.4, -0.2) is 37.0 Å². The van der Waals surface area contributed by atoms with E-state index in [-0.39, 0.29) is 17.1 Å². The summed E-state index contributed by atoms with van der Waals surface area (Å²) in [5.41, 5.74) is 4.83. The van der Waals surface area contributed by atoms with Gasteiger partial charge in [0.05, 0.1) is 25.2 Å². The second-order valence-electron chi connectivity index (χ2n) is 6.98. The van der Waals surface area contributed by atoms with Crippen molar-refractivity contribution in [2.75, 3.05) is 12.9 Å². The quantitative estimate of drug-likeness (QED) is 0.501. The number of halogens is 1. The second-order valence-corrected chi connectivity index (χ2v) is 9.17. The lowest BCUT2D eigenvalue weighted by Gasteiger charge is -2.18. The molecule has 0 radical (unpaired) electrons. The van der Waals surface area contributed by atoms with Gasteiger partial charge in [-0.2, -0.15) is 0 Å². The molecule has 2 aromatic carbocycles. The molecule has 4 rings (SSSR count). The summed E-state index contributed by atoms with van der Waals surface area (Å²) >= 11 is 0. The van der Waals surface area contributed by atoms with Crippen molar-refractivity contribution >= 4 is 26.6 Å². The molecular formula is C20H19FN2O5S. The van der Waals surface area contributed by atoms with Crippen LogP contribution in [0.3, 0.4) is 0 Å². The minimum absolute atomic E-state index is 0.0472. The monoisotopic (exact) mass is 418 g/mol. The molecule has 0 saturated carbocycles. The van der Waals surface area contributed by atoms with Gasteiger partial charge in [-0.25, -0.2) is 18.3 Å². The minimum Gasteiger partial charge on any atom is -0.496 e. The summed E-state index contributed by atoms with van der Waals surface area (Å²) in [5, 5.41) is 9.42. The molecule has 29 heavy (non-hydrogen) atoms. The summed E-state index contributed by atoms with van der Waals surface area (Å²) in [6.45, 7) is 0.363. The maximum absolute atomic E-state index is 13.9. The highest BCUT2D eigenvalue weighted by Crippen LogP contribution is 2.34. The number of ether oxygens (including phenoxy) is 1. The Bertz CT molecular complexity index is 1230. The van der Waals surface area contributed by atoms with Crippen LogP contribution in [0.2, 0.25) is 0 Å². The van der Waals surface area contributed by atoms with E-state index in [1.165, 1.54) is 25.3 Å². The van der Waals surface area contributed by atoms with E-state index in [2.05, 4.69) is 0 Å². The van der Waals surface area contributed by atoms with Gasteiger partial charge in [0, 0.05) is 34.1 Å². The Morgan fingerprint density at radius 1 is 1.28 bits per heavy atom. The number of aromatic nitrogens is 1. The largest absolute Gasteiger partial charge is 0.496 e. The van der Waals surface area contributed by atoms with Gasteiger partial charge in [-0.05, 0) is 35.9 Å². The molecule has 9 heteroatoms. The molecule has 1 amide bonds. The van der Waals surface area contributed by atoms with Gasteiger partial charge in [-0.15, -0.1) is 0 Å². The Hall–Kier alpha value is -2.91. The molecule has 1 aliphatic heterocycles. The van der Waals surface area contributed by atoms with Gasteiger partial charge >= 0.3 is 0 Å². The number of fused-ring (bicyclic) bond motifs is 3. The Labute approximate surface area is 166 Å². The molecule has 2 heterocycles. The first-order chi connectivity index (χ1) is 13.8. The molecule has 2 N–H and O–H groups in total. The Morgan fingerprint density at radius 3 is 2.79 bits per heavy atom. The fraction of sp³-hybridized carbons (Fsp3) is 0.250. The third-order valence-corrected chi connectivity index (χ3v) is 6.80. The predicted octanol–water partition coefficient (Wildman–Crippen LogP) is 2.43. The average Bonchev–Trinajstić information content (AvgIpc) is 2.98. The number of hydrogen-bond acceptors (Lipinski definition) is 5. The minimum atomic E-state index is -3.22.